The predicted octanol–water partition coefficient (Wildman–Crippen LogP) is 7.76. The first-order chi connectivity index (χ1) is 18.1. The fraction of sp³-hybridized carbons (Fsp3) is 0.333. The maximum absolute atomic E-state index is 14.8. The van der Waals surface area contributed by atoms with Crippen LogP contribution >= 0.6 is 0 Å². The van der Waals surface area contributed by atoms with Gasteiger partial charge in [-0.2, -0.15) is 13.2 Å². The molecule has 38 heavy (non-hydrogen) atoms. The van der Waals surface area contributed by atoms with Crippen molar-refractivity contribution < 1.29 is 35.8 Å². The fourth-order valence-electron chi connectivity index (χ4n) is 4.19. The molecular weight excluding hydrogens is 506 g/mol. The van der Waals surface area contributed by atoms with E-state index in [9.17, 15) is 26.3 Å². The van der Waals surface area contributed by atoms with Crippen LogP contribution in [0, 0.1) is 47.1 Å². The molecule has 3 aromatic carbocycles. The van der Waals surface area contributed by atoms with Crippen LogP contribution in [-0.4, -0.2) is 25.7 Å². The van der Waals surface area contributed by atoms with E-state index in [1.807, 2.05) is 0 Å². The molecule has 1 aliphatic rings. The van der Waals surface area contributed by atoms with Gasteiger partial charge in [0.05, 0.1) is 24.2 Å². The van der Waals surface area contributed by atoms with Crippen molar-refractivity contribution in [2.24, 2.45) is 5.92 Å². The molecule has 0 saturated carbocycles. The Morgan fingerprint density at radius 2 is 1.58 bits per heavy atom. The van der Waals surface area contributed by atoms with E-state index in [1.165, 1.54) is 24.8 Å². The quantitative estimate of drug-likeness (QED) is 0.191. The fourth-order valence-corrected chi connectivity index (χ4v) is 4.19. The lowest BCUT2D eigenvalue weighted by Gasteiger charge is -2.26. The number of hydrogen-bond donors (Lipinski definition) is 0. The Labute approximate surface area is 216 Å². The molecule has 0 radical (unpaired) electrons. The van der Waals surface area contributed by atoms with Crippen molar-refractivity contribution in [2.75, 3.05) is 13.2 Å². The third kappa shape index (κ3) is 6.89. The SMILES string of the molecule is CCCCCC1COC(C#Cc2ccc(-c3cc(F)c4c(F)c(C#CC(F)(F)F)c(F)cc4c3)cc2)OC1. The third-order valence-electron chi connectivity index (χ3n) is 6.15. The lowest BCUT2D eigenvalue weighted by Crippen LogP contribution is -2.31. The summed E-state index contributed by atoms with van der Waals surface area (Å²) >= 11 is 0. The number of unbranched alkanes of at least 4 members (excludes halogenated alkanes) is 2. The topological polar surface area (TPSA) is 18.5 Å². The predicted molar refractivity (Wildman–Crippen MR) is 132 cm³/mol. The molecule has 0 aromatic heterocycles. The minimum absolute atomic E-state index is 0.143. The molecule has 0 N–H and O–H groups in total. The number of hydrogen-bond acceptors (Lipinski definition) is 2. The summed E-state index contributed by atoms with van der Waals surface area (Å²) in [6, 6.07) is 9.91. The van der Waals surface area contributed by atoms with Crippen LogP contribution in [0.1, 0.15) is 43.7 Å². The second-order valence-electron chi connectivity index (χ2n) is 9.06. The number of ether oxygens (including phenoxy) is 2. The Bertz CT molecular complexity index is 1410. The van der Waals surface area contributed by atoms with Gasteiger partial charge in [0, 0.05) is 17.4 Å². The van der Waals surface area contributed by atoms with E-state index in [1.54, 1.807) is 24.3 Å². The summed E-state index contributed by atoms with van der Waals surface area (Å²) < 4.78 is 92.3. The average Bonchev–Trinajstić information content (AvgIpc) is 2.87. The largest absolute Gasteiger partial charge is 0.458 e. The van der Waals surface area contributed by atoms with Gasteiger partial charge in [-0.1, -0.05) is 50.2 Å². The van der Waals surface area contributed by atoms with Crippen LogP contribution < -0.4 is 0 Å². The van der Waals surface area contributed by atoms with Gasteiger partial charge in [-0.15, -0.1) is 0 Å². The number of halogens is 6. The van der Waals surface area contributed by atoms with Crippen LogP contribution in [0.5, 0.6) is 0 Å². The lowest BCUT2D eigenvalue weighted by molar-refractivity contribution is -0.170. The van der Waals surface area contributed by atoms with E-state index in [0.29, 0.717) is 35.8 Å². The Kier molecular flexibility index (Phi) is 8.66. The van der Waals surface area contributed by atoms with Crippen LogP contribution in [0.25, 0.3) is 21.9 Å². The highest BCUT2D eigenvalue weighted by Crippen LogP contribution is 2.31. The van der Waals surface area contributed by atoms with Crippen molar-refractivity contribution in [1.29, 1.82) is 0 Å². The molecule has 198 valence electrons. The number of fused-ring (bicyclic) bond motifs is 1. The van der Waals surface area contributed by atoms with E-state index >= 15 is 0 Å². The van der Waals surface area contributed by atoms with Gasteiger partial charge in [0.25, 0.3) is 0 Å². The van der Waals surface area contributed by atoms with E-state index in [-0.39, 0.29) is 5.39 Å². The van der Waals surface area contributed by atoms with Crippen LogP contribution in [0.2, 0.25) is 0 Å². The van der Waals surface area contributed by atoms with E-state index in [0.717, 1.165) is 30.9 Å². The summed E-state index contributed by atoms with van der Waals surface area (Å²) in [5.74, 6) is 4.68. The third-order valence-corrected chi connectivity index (χ3v) is 6.15. The minimum Gasteiger partial charge on any atom is -0.342 e. The normalized spacial score (nSPS) is 17.4. The van der Waals surface area contributed by atoms with Gasteiger partial charge in [-0.05, 0) is 59.2 Å². The summed E-state index contributed by atoms with van der Waals surface area (Å²) in [6.45, 7) is 3.37. The number of alkyl halides is 3. The molecule has 4 rings (SSSR count). The first kappa shape index (κ1) is 27.6. The molecule has 0 spiro atoms. The van der Waals surface area contributed by atoms with Crippen LogP contribution in [0.4, 0.5) is 26.3 Å². The zero-order valence-electron chi connectivity index (χ0n) is 20.5. The molecule has 0 atom stereocenters. The zero-order chi connectivity index (χ0) is 27.3. The monoisotopic (exact) mass is 530 g/mol. The second kappa shape index (κ2) is 11.9. The molecule has 3 aromatic rings. The smallest absolute Gasteiger partial charge is 0.342 e. The highest BCUT2D eigenvalue weighted by Gasteiger charge is 2.24. The molecular formula is C30H24F6O2. The number of benzene rings is 3. The van der Waals surface area contributed by atoms with Crippen molar-refractivity contribution in [3.8, 4) is 34.8 Å². The zero-order valence-corrected chi connectivity index (χ0v) is 20.5. The Morgan fingerprint density at radius 1 is 0.868 bits per heavy atom. The molecule has 1 saturated heterocycles. The van der Waals surface area contributed by atoms with Gasteiger partial charge in [0.1, 0.15) is 11.6 Å². The maximum atomic E-state index is 14.8. The average molecular weight is 531 g/mol. The Hall–Kier alpha value is -3.46. The standard InChI is InChI=1S/C30H24F6O2/c1-2-3-4-5-20-17-37-27(38-18-20)11-8-19-6-9-21(10-7-19)22-14-23-16-25(31)24(12-13-30(34,35)36)29(33)28(23)26(32)15-22/h6-7,9-10,14-16,20,27H,2-5,17-18H2,1H3. The summed E-state index contributed by atoms with van der Waals surface area (Å²) in [6.07, 6.45) is -0.977. The summed E-state index contributed by atoms with van der Waals surface area (Å²) in [7, 11) is 0. The Balaban J connectivity index is 1.49. The molecule has 0 unspecified atom stereocenters. The van der Waals surface area contributed by atoms with Gasteiger partial charge < -0.3 is 9.47 Å². The molecule has 1 fully saturated rings. The second-order valence-corrected chi connectivity index (χ2v) is 9.06. The first-order valence-corrected chi connectivity index (χ1v) is 12.2. The van der Waals surface area contributed by atoms with Crippen LogP contribution in [0.3, 0.4) is 0 Å². The Morgan fingerprint density at radius 3 is 2.24 bits per heavy atom. The number of rotatable bonds is 5. The van der Waals surface area contributed by atoms with Crippen molar-refractivity contribution in [2.45, 2.75) is 45.1 Å². The highest BCUT2D eigenvalue weighted by molar-refractivity contribution is 5.89. The molecule has 1 aliphatic heterocycles. The van der Waals surface area contributed by atoms with Crippen molar-refractivity contribution in [1.82, 2.24) is 0 Å². The highest BCUT2D eigenvalue weighted by atomic mass is 19.4. The van der Waals surface area contributed by atoms with Crippen molar-refractivity contribution in [3.63, 3.8) is 0 Å². The molecule has 2 nitrogen and oxygen atoms in total. The van der Waals surface area contributed by atoms with Gasteiger partial charge in [0.2, 0.25) is 6.29 Å². The molecule has 8 heteroatoms. The maximum Gasteiger partial charge on any atom is 0.458 e. The lowest BCUT2D eigenvalue weighted by atomic mass is 9.98. The summed E-state index contributed by atoms with van der Waals surface area (Å²) in [5, 5.41) is -0.778. The van der Waals surface area contributed by atoms with Crippen molar-refractivity contribution in [3.05, 3.63) is 71.0 Å². The van der Waals surface area contributed by atoms with E-state index < -0.39 is 40.9 Å². The van der Waals surface area contributed by atoms with Gasteiger partial charge in [0.15, 0.2) is 5.82 Å². The van der Waals surface area contributed by atoms with E-state index in [4.69, 9.17) is 9.47 Å². The minimum atomic E-state index is -4.94. The molecule has 0 amide bonds. The summed E-state index contributed by atoms with van der Waals surface area (Å²) in [4.78, 5) is 0. The van der Waals surface area contributed by atoms with Crippen LogP contribution in [0.15, 0.2) is 42.5 Å². The van der Waals surface area contributed by atoms with Crippen LogP contribution in [-0.2, 0) is 9.47 Å². The van der Waals surface area contributed by atoms with E-state index in [2.05, 4.69) is 18.8 Å². The van der Waals surface area contributed by atoms with Crippen molar-refractivity contribution >= 4 is 10.8 Å². The molecule has 0 bridgehead atoms. The van der Waals surface area contributed by atoms with Gasteiger partial charge in [-0.25, -0.2) is 13.2 Å². The first-order valence-electron chi connectivity index (χ1n) is 12.2. The van der Waals surface area contributed by atoms with Gasteiger partial charge >= 0.3 is 6.18 Å². The van der Waals surface area contributed by atoms with Gasteiger partial charge in [-0.3, -0.25) is 0 Å². The molecule has 1 heterocycles. The molecule has 0 aliphatic carbocycles. The summed E-state index contributed by atoms with van der Waals surface area (Å²) in [5.41, 5.74) is 0.410.